The molecule has 0 aliphatic carbocycles. The van der Waals surface area contributed by atoms with Crippen LogP contribution >= 0.6 is 0 Å². The highest BCUT2D eigenvalue weighted by molar-refractivity contribution is 5.93. The number of nitrogens with one attached hydrogen (secondary N) is 1. The molecule has 1 amide bonds. The quantitative estimate of drug-likeness (QED) is 0.466. The van der Waals surface area contributed by atoms with E-state index < -0.39 is 5.91 Å². The lowest BCUT2D eigenvalue weighted by Gasteiger charge is -2.01. The Balaban J connectivity index is 2.14. The SMILES string of the molecule is NNC(=O)c1cnn(Cc2cccc(F)c2)c1. The molecule has 1 aromatic heterocycles. The lowest BCUT2D eigenvalue weighted by atomic mass is 10.2. The largest absolute Gasteiger partial charge is 0.290 e. The minimum absolute atomic E-state index is 0.297. The van der Waals surface area contributed by atoms with E-state index in [0.29, 0.717) is 12.1 Å². The molecular formula is C11H11FN4O. The fourth-order valence-electron chi connectivity index (χ4n) is 1.47. The van der Waals surface area contributed by atoms with Crippen LogP contribution < -0.4 is 11.3 Å². The lowest BCUT2D eigenvalue weighted by molar-refractivity contribution is 0.0953. The smallest absolute Gasteiger partial charge is 0.268 e. The van der Waals surface area contributed by atoms with E-state index in [4.69, 9.17) is 5.84 Å². The number of nitrogens with zero attached hydrogens (tertiary/aromatic N) is 2. The molecule has 1 aromatic carbocycles. The number of rotatable bonds is 3. The first-order valence-electron chi connectivity index (χ1n) is 4.97. The predicted octanol–water partition coefficient (Wildman–Crippen LogP) is 0.674. The van der Waals surface area contributed by atoms with Gasteiger partial charge in [0.2, 0.25) is 0 Å². The summed E-state index contributed by atoms with van der Waals surface area (Å²) >= 11 is 0. The molecule has 5 nitrogen and oxygen atoms in total. The summed E-state index contributed by atoms with van der Waals surface area (Å²) in [5.74, 6) is 4.30. The van der Waals surface area contributed by atoms with E-state index in [0.717, 1.165) is 5.56 Å². The summed E-state index contributed by atoms with van der Waals surface area (Å²) in [5, 5.41) is 3.99. The van der Waals surface area contributed by atoms with Crippen LogP contribution in [-0.4, -0.2) is 15.7 Å². The van der Waals surface area contributed by atoms with Crippen LogP contribution in [0.3, 0.4) is 0 Å². The van der Waals surface area contributed by atoms with Gasteiger partial charge in [-0.25, -0.2) is 10.2 Å². The van der Waals surface area contributed by atoms with Crippen LogP contribution in [0, 0.1) is 5.82 Å². The molecule has 0 bridgehead atoms. The monoisotopic (exact) mass is 234 g/mol. The van der Waals surface area contributed by atoms with Gasteiger partial charge in [-0.15, -0.1) is 0 Å². The Morgan fingerprint density at radius 3 is 3.06 bits per heavy atom. The van der Waals surface area contributed by atoms with Crippen molar-refractivity contribution in [2.75, 3.05) is 0 Å². The maximum atomic E-state index is 12.9. The van der Waals surface area contributed by atoms with Crippen molar-refractivity contribution in [1.82, 2.24) is 15.2 Å². The predicted molar refractivity (Wildman–Crippen MR) is 59.4 cm³/mol. The molecule has 0 atom stereocenters. The van der Waals surface area contributed by atoms with Crippen molar-refractivity contribution >= 4 is 5.91 Å². The molecule has 0 spiro atoms. The second-order valence-corrected chi connectivity index (χ2v) is 3.53. The molecule has 0 fully saturated rings. The Morgan fingerprint density at radius 2 is 2.35 bits per heavy atom. The van der Waals surface area contributed by atoms with Crippen LogP contribution in [0.2, 0.25) is 0 Å². The Morgan fingerprint density at radius 1 is 1.53 bits per heavy atom. The van der Waals surface area contributed by atoms with E-state index in [1.807, 2.05) is 5.43 Å². The van der Waals surface area contributed by atoms with Crippen molar-refractivity contribution in [2.24, 2.45) is 5.84 Å². The minimum atomic E-state index is -0.407. The van der Waals surface area contributed by atoms with E-state index in [1.54, 1.807) is 23.0 Å². The van der Waals surface area contributed by atoms with Crippen molar-refractivity contribution in [2.45, 2.75) is 6.54 Å². The van der Waals surface area contributed by atoms with Gasteiger partial charge in [0.25, 0.3) is 5.91 Å². The number of carbonyl (C=O) groups is 1. The van der Waals surface area contributed by atoms with Crippen molar-refractivity contribution in [1.29, 1.82) is 0 Å². The van der Waals surface area contributed by atoms with Crippen molar-refractivity contribution in [3.63, 3.8) is 0 Å². The van der Waals surface area contributed by atoms with E-state index in [9.17, 15) is 9.18 Å². The number of amides is 1. The number of nitrogen functional groups attached to an aromatic ring is 1. The summed E-state index contributed by atoms with van der Waals surface area (Å²) in [6, 6.07) is 6.21. The third-order valence-electron chi connectivity index (χ3n) is 2.26. The summed E-state index contributed by atoms with van der Waals surface area (Å²) in [5.41, 5.74) is 3.15. The number of hydrogen-bond acceptors (Lipinski definition) is 3. The number of benzene rings is 1. The zero-order valence-corrected chi connectivity index (χ0v) is 8.93. The van der Waals surface area contributed by atoms with Crippen molar-refractivity contribution in [3.05, 3.63) is 53.6 Å². The average molecular weight is 234 g/mol. The van der Waals surface area contributed by atoms with Crippen LogP contribution in [0.1, 0.15) is 15.9 Å². The van der Waals surface area contributed by atoms with Crippen molar-refractivity contribution < 1.29 is 9.18 Å². The fraction of sp³-hybridized carbons (Fsp3) is 0.0909. The fourth-order valence-corrected chi connectivity index (χ4v) is 1.47. The number of hydrazine groups is 1. The maximum Gasteiger partial charge on any atom is 0.268 e. The summed E-state index contributed by atoms with van der Waals surface area (Å²) in [7, 11) is 0. The number of halogens is 1. The first-order chi connectivity index (χ1) is 8.19. The Bertz CT molecular complexity index is 538. The summed E-state index contributed by atoms with van der Waals surface area (Å²) < 4.78 is 14.5. The molecule has 3 N–H and O–H groups in total. The van der Waals surface area contributed by atoms with Crippen LogP contribution in [0.25, 0.3) is 0 Å². The number of hydrogen-bond donors (Lipinski definition) is 2. The second-order valence-electron chi connectivity index (χ2n) is 3.53. The van der Waals surface area contributed by atoms with Gasteiger partial charge in [-0.2, -0.15) is 5.10 Å². The third-order valence-corrected chi connectivity index (χ3v) is 2.26. The van der Waals surface area contributed by atoms with Gasteiger partial charge in [-0.1, -0.05) is 12.1 Å². The molecular weight excluding hydrogens is 223 g/mol. The van der Waals surface area contributed by atoms with Crippen molar-refractivity contribution in [3.8, 4) is 0 Å². The van der Waals surface area contributed by atoms with Crippen LogP contribution in [0.5, 0.6) is 0 Å². The van der Waals surface area contributed by atoms with Crippen LogP contribution in [0.15, 0.2) is 36.7 Å². The molecule has 0 saturated carbocycles. The summed E-state index contributed by atoms with van der Waals surface area (Å²) in [6.07, 6.45) is 2.95. The lowest BCUT2D eigenvalue weighted by Crippen LogP contribution is -2.29. The molecule has 0 radical (unpaired) electrons. The third kappa shape index (κ3) is 2.67. The molecule has 2 rings (SSSR count). The van der Waals surface area contributed by atoms with Gasteiger partial charge in [-0.05, 0) is 17.7 Å². The molecule has 1 heterocycles. The number of aromatic nitrogens is 2. The summed E-state index contributed by atoms with van der Waals surface area (Å²) in [4.78, 5) is 11.2. The van der Waals surface area contributed by atoms with Gasteiger partial charge in [0.1, 0.15) is 5.82 Å². The van der Waals surface area contributed by atoms with E-state index in [2.05, 4.69) is 5.10 Å². The standard InChI is InChI=1S/C11H11FN4O/c12-10-3-1-2-8(4-10)6-16-7-9(5-14-16)11(17)15-13/h1-5,7H,6,13H2,(H,15,17). The van der Waals surface area contributed by atoms with Gasteiger partial charge in [0.05, 0.1) is 18.3 Å². The maximum absolute atomic E-state index is 12.9. The highest BCUT2D eigenvalue weighted by Crippen LogP contribution is 2.06. The summed E-state index contributed by atoms with van der Waals surface area (Å²) in [6.45, 7) is 0.398. The zero-order chi connectivity index (χ0) is 12.3. The van der Waals surface area contributed by atoms with Gasteiger partial charge < -0.3 is 0 Å². The molecule has 2 aromatic rings. The Hall–Kier alpha value is -2.21. The normalized spacial score (nSPS) is 10.2. The first kappa shape index (κ1) is 11.3. The van der Waals surface area contributed by atoms with Gasteiger partial charge in [0.15, 0.2) is 0 Å². The highest BCUT2D eigenvalue weighted by Gasteiger charge is 2.06. The van der Waals surface area contributed by atoms with E-state index >= 15 is 0 Å². The molecule has 88 valence electrons. The van der Waals surface area contributed by atoms with E-state index in [1.165, 1.54) is 18.3 Å². The molecule has 0 unspecified atom stereocenters. The minimum Gasteiger partial charge on any atom is -0.290 e. The van der Waals surface area contributed by atoms with Gasteiger partial charge in [0, 0.05) is 6.20 Å². The van der Waals surface area contributed by atoms with Crippen LogP contribution in [-0.2, 0) is 6.54 Å². The molecule has 6 heteroatoms. The molecule has 17 heavy (non-hydrogen) atoms. The zero-order valence-electron chi connectivity index (χ0n) is 8.93. The average Bonchev–Trinajstić information content (AvgIpc) is 2.76. The van der Waals surface area contributed by atoms with Crippen LogP contribution in [0.4, 0.5) is 4.39 Å². The number of carbonyl (C=O) groups excluding carboxylic acids is 1. The van der Waals surface area contributed by atoms with E-state index in [-0.39, 0.29) is 5.82 Å². The molecule has 0 aliphatic rings. The first-order valence-corrected chi connectivity index (χ1v) is 4.97. The topological polar surface area (TPSA) is 72.9 Å². The van der Waals surface area contributed by atoms with Gasteiger partial charge in [-0.3, -0.25) is 14.9 Å². The molecule has 0 aliphatic heterocycles. The Labute approximate surface area is 97.0 Å². The van der Waals surface area contributed by atoms with Gasteiger partial charge >= 0.3 is 0 Å². The second kappa shape index (κ2) is 4.75. The Kier molecular flexibility index (Phi) is 3.15. The highest BCUT2D eigenvalue weighted by atomic mass is 19.1. The molecule has 0 saturated heterocycles. The number of nitrogens with two attached hydrogens (primary N) is 1.